The highest BCUT2D eigenvalue weighted by Crippen LogP contribution is 2.12. The lowest BCUT2D eigenvalue weighted by molar-refractivity contribution is -0.305. The zero-order valence-corrected chi connectivity index (χ0v) is 15.7. The first-order valence-electron chi connectivity index (χ1n) is 10.0. The Kier molecular flexibility index (Phi) is 17.5. The second kappa shape index (κ2) is 18.3. The average molecular weight is 342 g/mol. The van der Waals surface area contributed by atoms with Crippen LogP contribution in [0.2, 0.25) is 0 Å². The van der Waals surface area contributed by atoms with Gasteiger partial charge in [0, 0.05) is 5.97 Å². The van der Waals surface area contributed by atoms with Gasteiger partial charge in [-0.05, 0) is 12.8 Å². The van der Waals surface area contributed by atoms with Gasteiger partial charge in [0.25, 0.3) is 0 Å². The molecule has 0 rings (SSSR count). The molecule has 0 heterocycles. The van der Waals surface area contributed by atoms with Crippen molar-refractivity contribution in [1.29, 1.82) is 0 Å². The molecule has 0 aromatic heterocycles. The van der Waals surface area contributed by atoms with E-state index in [0.29, 0.717) is 6.61 Å². The Bertz CT molecular complexity index is 302. The second-order valence-corrected chi connectivity index (χ2v) is 6.69. The average Bonchev–Trinajstić information content (AvgIpc) is 2.56. The van der Waals surface area contributed by atoms with Gasteiger partial charge in [-0.1, -0.05) is 90.4 Å². The van der Waals surface area contributed by atoms with Crippen LogP contribution in [0.1, 0.15) is 110 Å². The zero-order chi connectivity index (χ0) is 17.9. The third-order valence-electron chi connectivity index (χ3n) is 4.29. The van der Waals surface area contributed by atoms with Crippen LogP contribution in [-0.2, 0) is 14.3 Å². The fraction of sp³-hybridized carbons (Fsp3) is 0.900. The number of carbonyl (C=O) groups is 2. The third-order valence-corrected chi connectivity index (χ3v) is 4.29. The van der Waals surface area contributed by atoms with Gasteiger partial charge in [-0.15, -0.1) is 0 Å². The quantitative estimate of drug-likeness (QED) is 0.271. The minimum absolute atomic E-state index is 0.0824. The topological polar surface area (TPSA) is 66.4 Å². The van der Waals surface area contributed by atoms with Crippen LogP contribution >= 0.6 is 0 Å². The number of ether oxygens (including phenoxy) is 1. The number of hydrogen-bond acceptors (Lipinski definition) is 4. The van der Waals surface area contributed by atoms with Crippen molar-refractivity contribution in [2.75, 3.05) is 6.61 Å². The molecule has 0 aliphatic carbocycles. The van der Waals surface area contributed by atoms with Crippen LogP contribution in [0.15, 0.2) is 0 Å². The SMILES string of the molecule is CCCCCCCCCCCCCCCCOC(=O)CCC(=O)[O-]. The Balaban J connectivity index is 3.10. The third kappa shape index (κ3) is 19.0. The maximum Gasteiger partial charge on any atom is 0.306 e. The highest BCUT2D eigenvalue weighted by Gasteiger charge is 2.02. The van der Waals surface area contributed by atoms with Gasteiger partial charge in [-0.25, -0.2) is 0 Å². The molecule has 0 radical (unpaired) electrons. The molecular weight excluding hydrogens is 304 g/mol. The van der Waals surface area contributed by atoms with Crippen molar-refractivity contribution in [1.82, 2.24) is 0 Å². The fourth-order valence-corrected chi connectivity index (χ4v) is 2.76. The largest absolute Gasteiger partial charge is 0.550 e. The molecule has 0 bridgehead atoms. The van der Waals surface area contributed by atoms with E-state index in [1.54, 1.807) is 0 Å². The number of carbonyl (C=O) groups excluding carboxylic acids is 2. The molecule has 0 aromatic carbocycles. The standard InChI is InChI=1S/C20H38O4/c1-2-3-4-5-6-7-8-9-10-11-12-13-14-15-18-24-20(23)17-16-19(21)22/h2-18H2,1H3,(H,21,22)/p-1. The summed E-state index contributed by atoms with van der Waals surface area (Å²) in [4.78, 5) is 21.4. The molecule has 0 aliphatic heterocycles. The van der Waals surface area contributed by atoms with E-state index in [0.717, 1.165) is 12.8 Å². The van der Waals surface area contributed by atoms with Crippen LogP contribution < -0.4 is 5.11 Å². The Morgan fingerprint density at radius 1 is 0.667 bits per heavy atom. The molecule has 0 N–H and O–H groups in total. The van der Waals surface area contributed by atoms with Crippen LogP contribution in [0.3, 0.4) is 0 Å². The summed E-state index contributed by atoms with van der Waals surface area (Å²) in [7, 11) is 0. The highest BCUT2D eigenvalue weighted by atomic mass is 16.5. The number of carboxylic acids is 1. The summed E-state index contributed by atoms with van der Waals surface area (Å²) >= 11 is 0. The van der Waals surface area contributed by atoms with Gasteiger partial charge in [0.15, 0.2) is 0 Å². The van der Waals surface area contributed by atoms with E-state index in [9.17, 15) is 14.7 Å². The number of carboxylic acid groups (broad SMARTS) is 1. The van der Waals surface area contributed by atoms with E-state index < -0.39 is 11.9 Å². The summed E-state index contributed by atoms with van der Waals surface area (Å²) in [5.74, 6) is -1.64. The molecule has 24 heavy (non-hydrogen) atoms. The summed E-state index contributed by atoms with van der Waals surface area (Å²) in [5.41, 5.74) is 0. The number of esters is 1. The van der Waals surface area contributed by atoms with Gasteiger partial charge in [0.2, 0.25) is 0 Å². The van der Waals surface area contributed by atoms with Crippen molar-refractivity contribution in [3.8, 4) is 0 Å². The van der Waals surface area contributed by atoms with E-state index in [2.05, 4.69) is 6.92 Å². The van der Waals surface area contributed by atoms with Crippen molar-refractivity contribution in [2.24, 2.45) is 0 Å². The minimum Gasteiger partial charge on any atom is -0.550 e. The second-order valence-electron chi connectivity index (χ2n) is 6.69. The summed E-state index contributed by atoms with van der Waals surface area (Å²) in [6.07, 6.45) is 17.8. The van der Waals surface area contributed by atoms with Crippen LogP contribution in [0.4, 0.5) is 0 Å². The van der Waals surface area contributed by atoms with Crippen molar-refractivity contribution in [2.45, 2.75) is 110 Å². The zero-order valence-electron chi connectivity index (χ0n) is 15.7. The molecule has 4 heteroatoms. The number of rotatable bonds is 18. The molecule has 0 amide bonds. The Morgan fingerprint density at radius 3 is 1.50 bits per heavy atom. The normalized spacial score (nSPS) is 10.7. The first-order valence-corrected chi connectivity index (χ1v) is 10.0. The van der Waals surface area contributed by atoms with Gasteiger partial charge >= 0.3 is 5.97 Å². The number of aliphatic carboxylic acids is 1. The summed E-state index contributed by atoms with van der Waals surface area (Å²) < 4.78 is 4.97. The summed E-state index contributed by atoms with van der Waals surface area (Å²) in [5, 5.41) is 10.2. The smallest absolute Gasteiger partial charge is 0.306 e. The first-order chi connectivity index (χ1) is 11.7. The van der Waals surface area contributed by atoms with Crippen molar-refractivity contribution in [3.63, 3.8) is 0 Å². The van der Waals surface area contributed by atoms with Crippen molar-refractivity contribution < 1.29 is 19.4 Å². The van der Waals surface area contributed by atoms with Gasteiger partial charge in [-0.2, -0.15) is 0 Å². The number of unbranched alkanes of at least 4 members (excludes halogenated alkanes) is 13. The molecule has 0 fully saturated rings. The van der Waals surface area contributed by atoms with Crippen LogP contribution in [0, 0.1) is 0 Å². The van der Waals surface area contributed by atoms with E-state index in [4.69, 9.17) is 4.74 Å². The van der Waals surface area contributed by atoms with Gasteiger partial charge < -0.3 is 14.6 Å². The molecule has 0 unspecified atom stereocenters. The molecule has 4 nitrogen and oxygen atoms in total. The van der Waals surface area contributed by atoms with E-state index in [-0.39, 0.29) is 12.8 Å². The maximum atomic E-state index is 11.2. The van der Waals surface area contributed by atoms with Crippen LogP contribution in [0.25, 0.3) is 0 Å². The Hall–Kier alpha value is -1.06. The Labute approximate surface area is 148 Å². The van der Waals surface area contributed by atoms with Crippen LogP contribution in [0.5, 0.6) is 0 Å². The van der Waals surface area contributed by atoms with Crippen LogP contribution in [-0.4, -0.2) is 18.5 Å². The lowest BCUT2D eigenvalue weighted by atomic mass is 10.0. The lowest BCUT2D eigenvalue weighted by Gasteiger charge is -2.05. The molecule has 142 valence electrons. The molecule has 0 aromatic rings. The van der Waals surface area contributed by atoms with Gasteiger partial charge in [0.05, 0.1) is 13.0 Å². The monoisotopic (exact) mass is 341 g/mol. The Morgan fingerprint density at radius 2 is 1.08 bits per heavy atom. The molecular formula is C20H37O4-. The van der Waals surface area contributed by atoms with Crippen molar-refractivity contribution >= 4 is 11.9 Å². The van der Waals surface area contributed by atoms with E-state index in [1.165, 1.54) is 77.0 Å². The lowest BCUT2D eigenvalue weighted by Crippen LogP contribution is -2.23. The molecule has 0 atom stereocenters. The predicted octanol–water partition coefficient (Wildman–Crippen LogP) is 4.54. The summed E-state index contributed by atoms with van der Waals surface area (Å²) in [6, 6.07) is 0. The van der Waals surface area contributed by atoms with Gasteiger partial charge in [-0.3, -0.25) is 4.79 Å². The molecule has 0 saturated heterocycles. The number of hydrogen-bond donors (Lipinski definition) is 0. The van der Waals surface area contributed by atoms with E-state index >= 15 is 0 Å². The van der Waals surface area contributed by atoms with E-state index in [1.807, 2.05) is 0 Å². The molecule has 0 spiro atoms. The first kappa shape index (κ1) is 22.9. The maximum absolute atomic E-state index is 11.2. The predicted molar refractivity (Wildman–Crippen MR) is 95.5 cm³/mol. The summed E-state index contributed by atoms with van der Waals surface area (Å²) in [6.45, 7) is 2.66. The molecule has 0 saturated carbocycles. The molecule has 0 aliphatic rings. The fourth-order valence-electron chi connectivity index (χ4n) is 2.76. The minimum atomic E-state index is -1.21. The highest BCUT2D eigenvalue weighted by molar-refractivity contribution is 5.75. The van der Waals surface area contributed by atoms with Crippen molar-refractivity contribution in [3.05, 3.63) is 0 Å². The van der Waals surface area contributed by atoms with Gasteiger partial charge in [0.1, 0.15) is 0 Å².